The third kappa shape index (κ3) is 4.58. The molecule has 0 aliphatic carbocycles. The number of anilines is 1. The monoisotopic (exact) mass is 447 g/mol. The lowest BCUT2D eigenvalue weighted by atomic mass is 10.0. The molecule has 1 aliphatic heterocycles. The molecule has 8 heteroatoms. The van der Waals surface area contributed by atoms with E-state index in [9.17, 15) is 14.9 Å². The molecule has 3 heterocycles. The van der Waals surface area contributed by atoms with Crippen LogP contribution in [-0.4, -0.2) is 30.1 Å². The lowest BCUT2D eigenvalue weighted by Crippen LogP contribution is -2.35. The summed E-state index contributed by atoms with van der Waals surface area (Å²) in [6, 6.07) is 15.5. The Morgan fingerprint density at radius 1 is 1.28 bits per heavy atom. The first-order chi connectivity index (χ1) is 15.6. The van der Waals surface area contributed by atoms with Crippen LogP contribution in [0.4, 0.5) is 9.80 Å². The summed E-state index contributed by atoms with van der Waals surface area (Å²) in [7, 11) is 0. The molecule has 0 saturated heterocycles. The number of nitrogens with one attached hydrogen (secondary N) is 1. The fraction of sp³-hybridized carbons (Fsp3) is 0.208. The van der Waals surface area contributed by atoms with Crippen LogP contribution in [-0.2, 0) is 22.5 Å². The summed E-state index contributed by atoms with van der Waals surface area (Å²) in [5, 5.41) is 12.9. The summed E-state index contributed by atoms with van der Waals surface area (Å²) in [6.45, 7) is 2.92. The van der Waals surface area contributed by atoms with Crippen LogP contribution in [0.5, 0.6) is 0 Å². The summed E-state index contributed by atoms with van der Waals surface area (Å²) < 4.78 is 10.8. The molecule has 7 nitrogen and oxygen atoms in total. The molecule has 162 valence electrons. The smallest absolute Gasteiger partial charge is 0.410 e. The van der Waals surface area contributed by atoms with E-state index in [2.05, 4.69) is 11.4 Å². The lowest BCUT2D eigenvalue weighted by molar-refractivity contribution is -0.111. The van der Waals surface area contributed by atoms with Crippen LogP contribution in [0, 0.1) is 11.3 Å². The molecular weight excluding hydrogens is 426 g/mol. The Bertz CT molecular complexity index is 1200. The molecule has 0 spiro atoms. The van der Waals surface area contributed by atoms with Gasteiger partial charge < -0.3 is 19.4 Å². The van der Waals surface area contributed by atoms with Crippen molar-refractivity contribution in [3.05, 3.63) is 70.3 Å². The molecule has 2 aromatic heterocycles. The van der Waals surface area contributed by atoms with Gasteiger partial charge in [-0.1, -0.05) is 30.3 Å². The molecule has 32 heavy (non-hydrogen) atoms. The van der Waals surface area contributed by atoms with Crippen molar-refractivity contribution >= 4 is 34.4 Å². The molecule has 2 amide bonds. The van der Waals surface area contributed by atoms with Crippen molar-refractivity contribution in [3.8, 4) is 17.4 Å². The van der Waals surface area contributed by atoms with E-state index in [1.807, 2.05) is 36.4 Å². The van der Waals surface area contributed by atoms with Gasteiger partial charge in [-0.3, -0.25) is 4.79 Å². The zero-order chi connectivity index (χ0) is 22.5. The molecule has 0 atom stereocenters. The van der Waals surface area contributed by atoms with Crippen molar-refractivity contribution in [2.75, 3.05) is 18.5 Å². The maximum Gasteiger partial charge on any atom is 0.410 e. The van der Waals surface area contributed by atoms with E-state index in [0.717, 1.165) is 21.8 Å². The van der Waals surface area contributed by atoms with Crippen LogP contribution in [0.1, 0.15) is 28.7 Å². The summed E-state index contributed by atoms with van der Waals surface area (Å²) in [5.74, 6) is 0.907. The quantitative estimate of drug-likeness (QED) is 0.553. The lowest BCUT2D eigenvalue weighted by Gasteiger charge is -2.25. The van der Waals surface area contributed by atoms with Gasteiger partial charge in [0.2, 0.25) is 5.91 Å². The highest BCUT2D eigenvalue weighted by Crippen LogP contribution is 2.36. The summed E-state index contributed by atoms with van der Waals surface area (Å²) in [5.41, 5.74) is 2.30. The second kappa shape index (κ2) is 9.54. The maximum atomic E-state index is 12.5. The normalized spacial score (nSPS) is 12.9. The van der Waals surface area contributed by atoms with Crippen LogP contribution in [0.25, 0.3) is 17.4 Å². The average Bonchev–Trinajstić information content (AvgIpc) is 3.42. The average molecular weight is 448 g/mol. The molecule has 0 bridgehead atoms. The number of carbonyl (C=O) groups excluding carboxylic acids is 2. The first-order valence-electron chi connectivity index (χ1n) is 10.2. The number of nitriles is 1. The van der Waals surface area contributed by atoms with Gasteiger partial charge in [0.05, 0.1) is 18.7 Å². The Kier molecular flexibility index (Phi) is 6.38. The predicted molar refractivity (Wildman–Crippen MR) is 122 cm³/mol. The molecule has 1 N–H and O–H groups in total. The molecule has 0 fully saturated rings. The second-order valence-electron chi connectivity index (χ2n) is 7.08. The number of rotatable bonds is 5. The van der Waals surface area contributed by atoms with Gasteiger partial charge >= 0.3 is 6.09 Å². The Hall–Kier alpha value is -3.83. The van der Waals surface area contributed by atoms with Crippen molar-refractivity contribution in [1.29, 1.82) is 5.26 Å². The molecule has 0 saturated carbocycles. The van der Waals surface area contributed by atoms with Gasteiger partial charge in [-0.2, -0.15) is 5.26 Å². The molecule has 0 unspecified atom stereocenters. The minimum Gasteiger partial charge on any atom is -0.457 e. The number of nitrogens with zero attached hydrogens (tertiary/aromatic N) is 2. The summed E-state index contributed by atoms with van der Waals surface area (Å²) in [4.78, 5) is 27.0. The summed E-state index contributed by atoms with van der Waals surface area (Å²) in [6.07, 6.45) is 3.14. The SMILES string of the molecule is CCOC(=O)N1CCc2c(sc(NC(=O)C=Cc3ccc(-c4ccccc4)o3)c2C#N)C1. The van der Waals surface area contributed by atoms with Gasteiger partial charge in [0.1, 0.15) is 22.6 Å². The molecule has 1 aromatic carbocycles. The fourth-order valence-electron chi connectivity index (χ4n) is 3.49. The van der Waals surface area contributed by atoms with Gasteiger partial charge in [0.15, 0.2) is 0 Å². The van der Waals surface area contributed by atoms with Gasteiger partial charge in [-0.05, 0) is 37.1 Å². The van der Waals surface area contributed by atoms with Crippen LogP contribution in [0.15, 0.2) is 53.0 Å². The van der Waals surface area contributed by atoms with Crippen molar-refractivity contribution < 1.29 is 18.7 Å². The minimum atomic E-state index is -0.369. The number of thiophene rings is 1. The van der Waals surface area contributed by atoms with Gasteiger partial charge in [-0.25, -0.2) is 4.79 Å². The predicted octanol–water partition coefficient (Wildman–Crippen LogP) is 5.05. The van der Waals surface area contributed by atoms with Gasteiger partial charge in [0, 0.05) is 23.1 Å². The zero-order valence-electron chi connectivity index (χ0n) is 17.5. The van der Waals surface area contributed by atoms with Crippen LogP contribution in [0.2, 0.25) is 0 Å². The molecule has 0 radical (unpaired) electrons. The van der Waals surface area contributed by atoms with E-state index in [0.29, 0.717) is 42.4 Å². The van der Waals surface area contributed by atoms with E-state index >= 15 is 0 Å². The molecule has 1 aliphatic rings. The van der Waals surface area contributed by atoms with E-state index in [-0.39, 0.29) is 12.0 Å². The van der Waals surface area contributed by atoms with E-state index in [1.165, 1.54) is 17.4 Å². The highest BCUT2D eigenvalue weighted by atomic mass is 32.1. The van der Waals surface area contributed by atoms with Crippen molar-refractivity contribution in [2.45, 2.75) is 19.9 Å². The molecular formula is C24H21N3O4S. The third-order valence-electron chi connectivity index (χ3n) is 5.02. The number of ether oxygens (including phenoxy) is 1. The number of carbonyl (C=O) groups is 2. The Morgan fingerprint density at radius 3 is 2.84 bits per heavy atom. The number of furan rings is 1. The molecule has 4 rings (SSSR count). The fourth-order valence-corrected chi connectivity index (χ4v) is 4.71. The molecule has 3 aromatic rings. The highest BCUT2D eigenvalue weighted by molar-refractivity contribution is 7.16. The zero-order valence-corrected chi connectivity index (χ0v) is 18.3. The number of hydrogen-bond acceptors (Lipinski definition) is 6. The Labute approximate surface area is 189 Å². The first-order valence-corrected chi connectivity index (χ1v) is 11.0. The minimum absolute atomic E-state index is 0.312. The third-order valence-corrected chi connectivity index (χ3v) is 6.15. The number of fused-ring (bicyclic) bond motifs is 1. The van der Waals surface area contributed by atoms with E-state index in [1.54, 1.807) is 24.0 Å². The van der Waals surface area contributed by atoms with Crippen LogP contribution in [0.3, 0.4) is 0 Å². The van der Waals surface area contributed by atoms with E-state index in [4.69, 9.17) is 9.15 Å². The van der Waals surface area contributed by atoms with E-state index < -0.39 is 0 Å². The number of hydrogen-bond donors (Lipinski definition) is 1. The number of benzene rings is 1. The number of amides is 2. The summed E-state index contributed by atoms with van der Waals surface area (Å²) >= 11 is 1.32. The Balaban J connectivity index is 1.44. The van der Waals surface area contributed by atoms with Gasteiger partial charge in [0.25, 0.3) is 0 Å². The van der Waals surface area contributed by atoms with Gasteiger partial charge in [-0.15, -0.1) is 11.3 Å². The maximum absolute atomic E-state index is 12.5. The first kappa shape index (κ1) is 21.4. The Morgan fingerprint density at radius 2 is 2.09 bits per heavy atom. The van der Waals surface area contributed by atoms with Crippen LogP contribution >= 0.6 is 11.3 Å². The second-order valence-corrected chi connectivity index (χ2v) is 8.19. The van der Waals surface area contributed by atoms with Crippen molar-refractivity contribution in [3.63, 3.8) is 0 Å². The standard InChI is InChI=1S/C24H21N3O4S/c1-2-30-24(29)27-13-12-18-19(14-25)23(32-21(18)15-27)26-22(28)11-9-17-8-10-20(31-17)16-6-4-3-5-7-16/h3-11H,2,12-13,15H2,1H3,(H,26,28). The van der Waals surface area contributed by atoms with Crippen molar-refractivity contribution in [1.82, 2.24) is 4.90 Å². The highest BCUT2D eigenvalue weighted by Gasteiger charge is 2.27. The van der Waals surface area contributed by atoms with Crippen molar-refractivity contribution in [2.24, 2.45) is 0 Å². The van der Waals surface area contributed by atoms with Crippen LogP contribution < -0.4 is 5.32 Å². The largest absolute Gasteiger partial charge is 0.457 e. The topological polar surface area (TPSA) is 95.6 Å².